The molecule has 2 aliphatic rings. The zero-order valence-corrected chi connectivity index (χ0v) is 15.7. The van der Waals surface area contributed by atoms with Crippen molar-refractivity contribution >= 4 is 62.2 Å². The van der Waals surface area contributed by atoms with Crippen LogP contribution >= 0.6 is 0 Å². The van der Waals surface area contributed by atoms with Gasteiger partial charge in [-0.25, -0.2) is 0 Å². The molecule has 2 N–H and O–H groups in total. The van der Waals surface area contributed by atoms with Crippen LogP contribution in [-0.4, -0.2) is 69.4 Å². The number of allylic oxidation sites excluding steroid dienone is 4. The van der Waals surface area contributed by atoms with E-state index in [0.717, 1.165) is 25.3 Å². The molecule has 0 spiro atoms. The molecule has 0 bridgehead atoms. The van der Waals surface area contributed by atoms with Crippen molar-refractivity contribution in [1.82, 2.24) is 0 Å². The molecule has 2 rings (SSSR count). The van der Waals surface area contributed by atoms with E-state index in [1.165, 1.54) is 0 Å². The summed E-state index contributed by atoms with van der Waals surface area (Å²) in [6.07, 6.45) is 8.59. The second-order valence-electron chi connectivity index (χ2n) is 2.50. The van der Waals surface area contributed by atoms with E-state index in [4.69, 9.17) is 17.5 Å². The number of rotatable bonds is 0. The maximum atomic E-state index is 8.74. The van der Waals surface area contributed by atoms with Crippen molar-refractivity contribution in [1.29, 1.82) is 0 Å². The molecular formula is C8H10Al2As2O4S. The number of hydrogen-bond donors (Lipinski definition) is 2. The van der Waals surface area contributed by atoms with Crippen LogP contribution in [0.2, 0.25) is 0 Å². The average molecular weight is 406 g/mol. The second kappa shape index (κ2) is 12.1. The van der Waals surface area contributed by atoms with Gasteiger partial charge in [-0.2, -0.15) is 8.42 Å². The molecule has 0 atom stereocenters. The second-order valence-corrected chi connectivity index (χ2v) is 14.1. The van der Waals surface area contributed by atoms with E-state index < -0.39 is 10.4 Å². The van der Waals surface area contributed by atoms with Crippen molar-refractivity contribution in [3.8, 4) is 0 Å². The molecule has 17 heavy (non-hydrogen) atoms. The van der Waals surface area contributed by atoms with Gasteiger partial charge in [0.05, 0.1) is 0 Å². The Bertz CT molecular complexity index is 368. The molecule has 0 fully saturated rings. The molecule has 0 aromatic rings. The minimum atomic E-state index is -4.67. The van der Waals surface area contributed by atoms with Crippen molar-refractivity contribution in [2.45, 2.75) is 0 Å². The van der Waals surface area contributed by atoms with Gasteiger partial charge in [-0.05, 0) is 0 Å². The summed E-state index contributed by atoms with van der Waals surface area (Å²) >= 11 is 2.76. The quantitative estimate of drug-likeness (QED) is 0.441. The van der Waals surface area contributed by atoms with Gasteiger partial charge in [0, 0.05) is 0 Å². The minimum Gasteiger partial charge on any atom is -0.264 e. The topological polar surface area (TPSA) is 74.6 Å². The molecule has 9 heteroatoms. The van der Waals surface area contributed by atoms with Gasteiger partial charge in [0.25, 0.3) is 0 Å². The first-order chi connectivity index (χ1) is 8.00. The Hall–Kier alpha value is 1.01. The molecule has 0 unspecified atom stereocenters. The Balaban J connectivity index is 0.000000228. The van der Waals surface area contributed by atoms with Crippen molar-refractivity contribution in [3.63, 3.8) is 0 Å². The minimum absolute atomic E-state index is 0.647. The normalized spacial score (nSPS) is 15.6. The van der Waals surface area contributed by atoms with Crippen LogP contribution in [-0.2, 0) is 10.4 Å². The van der Waals surface area contributed by atoms with Crippen LogP contribution in [0.1, 0.15) is 0 Å². The van der Waals surface area contributed by atoms with Crippen molar-refractivity contribution in [2.24, 2.45) is 0 Å². The van der Waals surface area contributed by atoms with Gasteiger partial charge in [-0.15, -0.1) is 0 Å². The molecular weight excluding hydrogens is 396 g/mol. The Morgan fingerprint density at radius 3 is 1.24 bits per heavy atom. The molecule has 0 aromatic carbocycles. The van der Waals surface area contributed by atoms with Crippen LogP contribution in [0.5, 0.6) is 0 Å². The predicted octanol–water partition coefficient (Wildman–Crippen LogP) is 0.0488. The fourth-order valence-electron chi connectivity index (χ4n) is 0.625. The fourth-order valence-corrected chi connectivity index (χ4v) is 7.10. The summed E-state index contributed by atoms with van der Waals surface area (Å²) in [4.78, 5) is 9.23. The standard InChI is InChI=1S/2C4H4As.2Al.H2O4S/c2*1-2-3-4-5;;;1-5(2,3)4/h2*1-4H;;;(H2,1,2,3,4). The van der Waals surface area contributed by atoms with E-state index >= 15 is 0 Å². The maximum absolute atomic E-state index is 8.74. The summed E-state index contributed by atoms with van der Waals surface area (Å²) in [5, 5.41) is 0. The van der Waals surface area contributed by atoms with E-state index in [-0.39, 0.29) is 0 Å². The van der Waals surface area contributed by atoms with Gasteiger partial charge >= 0.3 is 106 Å². The summed E-state index contributed by atoms with van der Waals surface area (Å²) in [6.45, 7) is 0. The largest absolute Gasteiger partial charge is 0.394 e. The van der Waals surface area contributed by atoms with Crippen LogP contribution in [0.3, 0.4) is 0 Å². The summed E-state index contributed by atoms with van der Waals surface area (Å²) in [6, 6.07) is 0. The van der Waals surface area contributed by atoms with E-state index in [2.05, 4.69) is 43.9 Å². The molecule has 0 saturated heterocycles. The summed E-state index contributed by atoms with van der Waals surface area (Å²) in [5.41, 5.74) is 0. The van der Waals surface area contributed by atoms with Crippen molar-refractivity contribution in [3.05, 3.63) is 43.9 Å². The summed E-state index contributed by atoms with van der Waals surface area (Å²) in [7, 11) is -4.67. The smallest absolute Gasteiger partial charge is 0.264 e. The third kappa shape index (κ3) is 22.6. The maximum Gasteiger partial charge on any atom is 0.394 e. The number of hydrogen-bond acceptors (Lipinski definition) is 2. The fraction of sp³-hybridized carbons (Fsp3) is 0. The zero-order chi connectivity index (χ0) is 13.0. The molecule has 2 heterocycles. The Kier molecular flexibility index (Phi) is 12.8. The van der Waals surface area contributed by atoms with E-state index in [1.807, 2.05) is 0 Å². The van der Waals surface area contributed by atoms with Crippen molar-refractivity contribution in [2.75, 3.05) is 0 Å². The van der Waals surface area contributed by atoms with Crippen LogP contribution in [0, 0.1) is 0 Å². The monoisotopic (exact) mass is 406 g/mol. The third-order valence-corrected chi connectivity index (χ3v) is 9.83. The third-order valence-electron chi connectivity index (χ3n) is 1.13. The van der Waals surface area contributed by atoms with Gasteiger partial charge in [0.2, 0.25) is 0 Å². The molecule has 88 valence electrons. The van der Waals surface area contributed by atoms with Gasteiger partial charge in [0.15, 0.2) is 0 Å². The predicted molar refractivity (Wildman–Crippen MR) is 73.8 cm³/mol. The summed E-state index contributed by atoms with van der Waals surface area (Å²) in [5.74, 6) is 0. The molecule has 0 aromatic heterocycles. The SMILES string of the molecule is C1=[CH][Al]=[As]C=C1.C1=[CH][Al]=[As]C=C1.O=S(=O)(O)O. The van der Waals surface area contributed by atoms with Crippen LogP contribution < -0.4 is 0 Å². The first kappa shape index (κ1) is 18.0. The van der Waals surface area contributed by atoms with Gasteiger partial charge in [0.1, 0.15) is 0 Å². The Morgan fingerprint density at radius 1 is 0.824 bits per heavy atom. The molecule has 0 radical (unpaired) electrons. The van der Waals surface area contributed by atoms with Gasteiger partial charge in [-0.1, -0.05) is 0 Å². The molecule has 2 aliphatic heterocycles. The Morgan fingerprint density at radius 2 is 1.18 bits per heavy atom. The van der Waals surface area contributed by atoms with E-state index in [1.54, 1.807) is 0 Å². The Labute approximate surface area is 122 Å². The average Bonchev–Trinajstić information content (AvgIpc) is 2.32. The first-order valence-corrected chi connectivity index (χ1v) is 16.8. The summed E-state index contributed by atoms with van der Waals surface area (Å²) < 4.78 is 31.6. The van der Waals surface area contributed by atoms with Crippen molar-refractivity contribution < 1.29 is 17.5 Å². The van der Waals surface area contributed by atoms with Crippen LogP contribution in [0.4, 0.5) is 0 Å². The van der Waals surface area contributed by atoms with E-state index in [0.29, 0.717) is 26.5 Å². The molecule has 0 amide bonds. The van der Waals surface area contributed by atoms with Crippen LogP contribution in [0.25, 0.3) is 0 Å². The van der Waals surface area contributed by atoms with E-state index in [9.17, 15) is 0 Å². The molecule has 0 saturated carbocycles. The van der Waals surface area contributed by atoms with Crippen LogP contribution in [0.15, 0.2) is 43.9 Å². The van der Waals surface area contributed by atoms with Gasteiger partial charge in [-0.3, -0.25) is 9.11 Å². The molecule has 0 aliphatic carbocycles. The van der Waals surface area contributed by atoms with Gasteiger partial charge < -0.3 is 0 Å². The zero-order valence-electron chi connectivity index (χ0n) is 8.79. The molecule has 4 nitrogen and oxygen atoms in total. The first-order valence-electron chi connectivity index (χ1n) is 4.40.